The first-order chi connectivity index (χ1) is 6.70. The summed E-state index contributed by atoms with van der Waals surface area (Å²) in [6.45, 7) is 4.68. The van der Waals surface area contributed by atoms with Crippen LogP contribution in [0.15, 0.2) is 0 Å². The van der Waals surface area contributed by atoms with Gasteiger partial charge in [-0.25, -0.2) is 4.68 Å². The molecule has 1 fully saturated rings. The van der Waals surface area contributed by atoms with Gasteiger partial charge in [-0.05, 0) is 30.7 Å². The van der Waals surface area contributed by atoms with E-state index in [1.54, 1.807) is 4.68 Å². The predicted octanol–water partition coefficient (Wildman–Crippen LogP) is 0.0427. The molecular weight excluding hydrogens is 182 g/mol. The van der Waals surface area contributed by atoms with Gasteiger partial charge in [0.25, 0.3) is 0 Å². The summed E-state index contributed by atoms with van der Waals surface area (Å²) < 4.78 is 7.26. The molecule has 1 aromatic rings. The quantitative estimate of drug-likeness (QED) is 0.724. The highest BCUT2D eigenvalue weighted by Gasteiger charge is 2.29. The standard InChI is InChI=1S/C8H15N5O/c1-5(9)8-10-11-12-13(8)7-3-4-14-6(7)2/h5-7H,3-4,9H2,1-2H3. The number of hydrogen-bond donors (Lipinski definition) is 1. The van der Waals surface area contributed by atoms with Crippen molar-refractivity contribution < 1.29 is 4.74 Å². The molecule has 0 aliphatic carbocycles. The van der Waals surface area contributed by atoms with Crippen molar-refractivity contribution in [3.63, 3.8) is 0 Å². The second-order valence-electron chi connectivity index (χ2n) is 3.70. The highest BCUT2D eigenvalue weighted by Crippen LogP contribution is 2.26. The van der Waals surface area contributed by atoms with Crippen molar-refractivity contribution in [2.75, 3.05) is 6.61 Å². The molecule has 2 rings (SSSR count). The molecule has 1 aliphatic rings. The molecule has 0 aromatic carbocycles. The predicted molar refractivity (Wildman–Crippen MR) is 49.5 cm³/mol. The minimum absolute atomic E-state index is 0.141. The lowest BCUT2D eigenvalue weighted by Gasteiger charge is -2.16. The zero-order valence-electron chi connectivity index (χ0n) is 8.42. The highest BCUT2D eigenvalue weighted by atomic mass is 16.5. The highest BCUT2D eigenvalue weighted by molar-refractivity contribution is 4.92. The zero-order valence-corrected chi connectivity index (χ0v) is 8.42. The summed E-state index contributed by atoms with van der Waals surface area (Å²) in [5.74, 6) is 0.729. The Kier molecular flexibility index (Phi) is 2.47. The van der Waals surface area contributed by atoms with Gasteiger partial charge < -0.3 is 10.5 Å². The number of nitrogens with zero attached hydrogens (tertiary/aromatic N) is 4. The molecule has 0 amide bonds. The lowest BCUT2D eigenvalue weighted by molar-refractivity contribution is 0.104. The van der Waals surface area contributed by atoms with E-state index in [0.717, 1.165) is 18.9 Å². The second-order valence-corrected chi connectivity index (χ2v) is 3.70. The van der Waals surface area contributed by atoms with E-state index in [0.29, 0.717) is 0 Å². The van der Waals surface area contributed by atoms with Gasteiger partial charge in [0.1, 0.15) is 0 Å². The van der Waals surface area contributed by atoms with E-state index in [-0.39, 0.29) is 18.2 Å². The number of tetrazole rings is 1. The van der Waals surface area contributed by atoms with Gasteiger partial charge in [-0.15, -0.1) is 5.10 Å². The largest absolute Gasteiger partial charge is 0.376 e. The van der Waals surface area contributed by atoms with Crippen molar-refractivity contribution in [1.82, 2.24) is 20.2 Å². The van der Waals surface area contributed by atoms with Crippen LogP contribution >= 0.6 is 0 Å². The maximum absolute atomic E-state index is 5.77. The van der Waals surface area contributed by atoms with E-state index in [4.69, 9.17) is 10.5 Å². The fourth-order valence-electron chi connectivity index (χ4n) is 1.78. The Hall–Kier alpha value is -1.01. The van der Waals surface area contributed by atoms with Crippen molar-refractivity contribution in [2.45, 2.75) is 38.5 Å². The summed E-state index contributed by atoms with van der Waals surface area (Å²) in [6, 6.07) is 0.0869. The van der Waals surface area contributed by atoms with Crippen molar-refractivity contribution in [3.8, 4) is 0 Å². The van der Waals surface area contributed by atoms with Crippen molar-refractivity contribution in [1.29, 1.82) is 0 Å². The van der Waals surface area contributed by atoms with Gasteiger partial charge in [0.15, 0.2) is 5.82 Å². The second kappa shape index (κ2) is 3.62. The van der Waals surface area contributed by atoms with Gasteiger partial charge in [-0.3, -0.25) is 0 Å². The molecule has 14 heavy (non-hydrogen) atoms. The molecular formula is C8H15N5O. The minimum atomic E-state index is -0.141. The smallest absolute Gasteiger partial charge is 0.168 e. The van der Waals surface area contributed by atoms with Crippen LogP contribution < -0.4 is 5.73 Å². The molecule has 1 saturated heterocycles. The molecule has 6 heteroatoms. The Morgan fingerprint density at radius 3 is 3.00 bits per heavy atom. The Morgan fingerprint density at radius 2 is 2.43 bits per heavy atom. The molecule has 3 atom stereocenters. The third-order valence-corrected chi connectivity index (χ3v) is 2.58. The van der Waals surface area contributed by atoms with Crippen LogP contribution in [0.5, 0.6) is 0 Å². The van der Waals surface area contributed by atoms with Gasteiger partial charge in [0.05, 0.1) is 18.2 Å². The van der Waals surface area contributed by atoms with Crippen LogP contribution in [-0.4, -0.2) is 32.9 Å². The van der Waals surface area contributed by atoms with Crippen molar-refractivity contribution in [3.05, 3.63) is 5.82 Å². The molecule has 2 heterocycles. The van der Waals surface area contributed by atoms with E-state index < -0.39 is 0 Å². The first-order valence-electron chi connectivity index (χ1n) is 4.85. The fourth-order valence-corrected chi connectivity index (χ4v) is 1.78. The molecule has 3 unspecified atom stereocenters. The van der Waals surface area contributed by atoms with Gasteiger partial charge in [0, 0.05) is 6.61 Å². The maximum Gasteiger partial charge on any atom is 0.168 e. The normalized spacial score (nSPS) is 29.4. The van der Waals surface area contributed by atoms with E-state index >= 15 is 0 Å². The summed E-state index contributed by atoms with van der Waals surface area (Å²) in [5, 5.41) is 11.5. The number of nitrogens with two attached hydrogens (primary N) is 1. The van der Waals surface area contributed by atoms with Crippen LogP contribution in [0.2, 0.25) is 0 Å². The number of rotatable bonds is 2. The van der Waals surface area contributed by atoms with Crippen LogP contribution in [0.3, 0.4) is 0 Å². The molecule has 0 saturated carbocycles. The van der Waals surface area contributed by atoms with E-state index in [2.05, 4.69) is 15.5 Å². The van der Waals surface area contributed by atoms with E-state index in [1.807, 2.05) is 13.8 Å². The Morgan fingerprint density at radius 1 is 1.64 bits per heavy atom. The lowest BCUT2D eigenvalue weighted by atomic mass is 10.1. The molecule has 1 aliphatic heterocycles. The number of ether oxygens (including phenoxy) is 1. The van der Waals surface area contributed by atoms with Crippen LogP contribution in [0.1, 0.15) is 38.2 Å². The molecule has 6 nitrogen and oxygen atoms in total. The average Bonchev–Trinajstić information content (AvgIpc) is 2.70. The monoisotopic (exact) mass is 197 g/mol. The molecule has 0 spiro atoms. The first kappa shape index (κ1) is 9.54. The molecule has 78 valence electrons. The Labute approximate surface area is 82.4 Å². The average molecular weight is 197 g/mol. The van der Waals surface area contributed by atoms with Gasteiger partial charge in [-0.2, -0.15) is 0 Å². The van der Waals surface area contributed by atoms with Crippen LogP contribution in [0, 0.1) is 0 Å². The molecule has 2 N–H and O–H groups in total. The van der Waals surface area contributed by atoms with Crippen LogP contribution in [0.25, 0.3) is 0 Å². The topological polar surface area (TPSA) is 78.9 Å². The summed E-state index contributed by atoms with van der Waals surface area (Å²) in [4.78, 5) is 0. The molecule has 0 bridgehead atoms. The van der Waals surface area contributed by atoms with Crippen molar-refractivity contribution in [2.24, 2.45) is 5.73 Å². The van der Waals surface area contributed by atoms with Gasteiger partial charge in [-0.1, -0.05) is 0 Å². The summed E-state index contributed by atoms with van der Waals surface area (Å²) in [5.41, 5.74) is 5.77. The van der Waals surface area contributed by atoms with Crippen LogP contribution in [-0.2, 0) is 4.74 Å². The van der Waals surface area contributed by atoms with E-state index in [1.165, 1.54) is 0 Å². The van der Waals surface area contributed by atoms with Gasteiger partial charge >= 0.3 is 0 Å². The summed E-state index contributed by atoms with van der Waals surface area (Å²) >= 11 is 0. The number of aromatic nitrogens is 4. The Bertz CT molecular complexity index is 310. The third-order valence-electron chi connectivity index (χ3n) is 2.58. The maximum atomic E-state index is 5.77. The Balaban J connectivity index is 2.26. The molecule has 1 aromatic heterocycles. The summed E-state index contributed by atoms with van der Waals surface area (Å²) in [7, 11) is 0. The number of hydrogen-bond acceptors (Lipinski definition) is 5. The third kappa shape index (κ3) is 1.51. The first-order valence-corrected chi connectivity index (χ1v) is 4.85. The summed E-state index contributed by atoms with van der Waals surface area (Å²) in [6.07, 6.45) is 1.11. The fraction of sp³-hybridized carbons (Fsp3) is 0.875. The molecule has 0 radical (unpaired) electrons. The van der Waals surface area contributed by atoms with E-state index in [9.17, 15) is 0 Å². The zero-order chi connectivity index (χ0) is 10.1. The minimum Gasteiger partial charge on any atom is -0.376 e. The van der Waals surface area contributed by atoms with Crippen molar-refractivity contribution >= 4 is 0 Å². The van der Waals surface area contributed by atoms with Crippen LogP contribution in [0.4, 0.5) is 0 Å². The SMILES string of the molecule is CC(N)c1nnnn1C1CCOC1C. The lowest BCUT2D eigenvalue weighted by Crippen LogP contribution is -2.23. The van der Waals surface area contributed by atoms with Gasteiger partial charge in [0.2, 0.25) is 0 Å².